The van der Waals surface area contributed by atoms with E-state index in [1.165, 1.54) is 35.4 Å². The molecule has 2 N–H and O–H groups in total. The molecule has 2 aliphatic rings. The molecular weight excluding hydrogens is 530 g/mol. The Morgan fingerprint density at radius 2 is 1.28 bits per heavy atom. The molecule has 6 rings (SSSR count). The van der Waals surface area contributed by atoms with Crippen LogP contribution >= 0.6 is 22.7 Å². The molecule has 4 aromatic heterocycles. The zero-order chi connectivity index (χ0) is 27.3. The molecule has 8 nitrogen and oxygen atoms in total. The molecule has 0 aromatic carbocycles. The fourth-order valence-electron chi connectivity index (χ4n) is 4.56. The lowest BCUT2D eigenvalue weighted by Gasteiger charge is -2.11. The van der Waals surface area contributed by atoms with Crippen LogP contribution in [-0.4, -0.2) is 44.8 Å². The summed E-state index contributed by atoms with van der Waals surface area (Å²) in [6.07, 6.45) is 12.8. The third-order valence-electron chi connectivity index (χ3n) is 7.22. The average Bonchev–Trinajstić information content (AvgIpc) is 3.74. The molecule has 0 amide bonds. The van der Waals surface area contributed by atoms with Crippen LogP contribution in [0.4, 0.5) is 0 Å². The van der Waals surface area contributed by atoms with Gasteiger partial charge in [-0.05, 0) is 55.5 Å². The van der Waals surface area contributed by atoms with Gasteiger partial charge in [0.05, 0.1) is 24.3 Å². The van der Waals surface area contributed by atoms with E-state index in [4.69, 9.17) is 10.5 Å². The number of hydrogen-bond acceptors (Lipinski definition) is 10. The molecule has 4 aromatic rings. The van der Waals surface area contributed by atoms with Crippen molar-refractivity contribution in [3.05, 3.63) is 92.3 Å². The molecule has 0 bridgehead atoms. The van der Waals surface area contributed by atoms with Crippen molar-refractivity contribution in [3.63, 3.8) is 0 Å². The van der Waals surface area contributed by atoms with Gasteiger partial charge in [0.2, 0.25) is 0 Å². The summed E-state index contributed by atoms with van der Waals surface area (Å²) < 4.78 is 4.92. The zero-order valence-electron chi connectivity index (χ0n) is 21.8. The van der Waals surface area contributed by atoms with Crippen molar-refractivity contribution in [2.75, 3.05) is 13.2 Å². The van der Waals surface area contributed by atoms with Crippen molar-refractivity contribution in [2.24, 2.45) is 5.73 Å². The first-order chi connectivity index (χ1) is 19.0. The maximum absolute atomic E-state index is 11.5. The molecule has 202 valence electrons. The lowest BCUT2D eigenvalue weighted by atomic mass is 10.00. The Balaban J connectivity index is 0.000000158. The molecule has 2 aliphatic carbocycles. The summed E-state index contributed by atoms with van der Waals surface area (Å²) in [6, 6.07) is 8.54. The monoisotopic (exact) mass is 561 g/mol. The minimum Gasteiger partial charge on any atom is -0.462 e. The van der Waals surface area contributed by atoms with E-state index < -0.39 is 0 Å². The van der Waals surface area contributed by atoms with Crippen LogP contribution in [0, 0.1) is 0 Å². The summed E-state index contributed by atoms with van der Waals surface area (Å²) >= 11 is 3.59. The summed E-state index contributed by atoms with van der Waals surface area (Å²) in [4.78, 5) is 43.0. The first-order valence-corrected chi connectivity index (χ1v) is 14.8. The lowest BCUT2D eigenvalue weighted by Crippen LogP contribution is -2.16. The van der Waals surface area contributed by atoms with Crippen LogP contribution in [0.1, 0.15) is 74.7 Å². The smallest absolute Gasteiger partial charge is 0.341 e. The Hall–Kier alpha value is -3.34. The maximum atomic E-state index is 11.5. The number of carbonyl (C=O) groups excluding carboxylic acids is 2. The lowest BCUT2D eigenvalue weighted by molar-refractivity contribution is 0.0525. The van der Waals surface area contributed by atoms with E-state index in [2.05, 4.69) is 55.0 Å². The van der Waals surface area contributed by atoms with Gasteiger partial charge in [-0.1, -0.05) is 12.1 Å². The van der Waals surface area contributed by atoms with Gasteiger partial charge < -0.3 is 10.5 Å². The number of aromatic nitrogens is 4. The van der Waals surface area contributed by atoms with E-state index in [-0.39, 0.29) is 29.1 Å². The van der Waals surface area contributed by atoms with Crippen LogP contribution in [0.2, 0.25) is 0 Å². The minimum atomic E-state index is -0.363. The second kappa shape index (κ2) is 11.8. The third-order valence-corrected chi connectivity index (χ3v) is 9.45. The summed E-state index contributed by atoms with van der Waals surface area (Å²) in [7, 11) is 0. The highest BCUT2D eigenvalue weighted by atomic mass is 32.1. The number of rotatable bonds is 10. The van der Waals surface area contributed by atoms with Crippen LogP contribution in [0.25, 0.3) is 0 Å². The summed E-state index contributed by atoms with van der Waals surface area (Å²) in [5.74, 6) is 1.12. The van der Waals surface area contributed by atoms with E-state index in [9.17, 15) is 9.59 Å². The summed E-state index contributed by atoms with van der Waals surface area (Å²) in [5, 5.41) is 4.22. The minimum absolute atomic E-state index is 0.00182. The maximum Gasteiger partial charge on any atom is 0.341 e. The standard InChI is InChI=1S/C15H16N2O2S.C14H15N3OS/c1-2-19-14(18)11-9-16-13(17-10-11)8-15(5-6-15)12-4-3-7-20-12;15-7-11(18)10-8-16-13(17-9-10)6-14(3-4-14)12-2-1-5-19-12/h3-4,7,9-10H,2,5-6,8H2,1H3;1-2,5,8-9H,3-4,6-7,15H2. The van der Waals surface area contributed by atoms with E-state index in [1.807, 2.05) is 0 Å². The van der Waals surface area contributed by atoms with E-state index >= 15 is 0 Å². The average molecular weight is 562 g/mol. The first-order valence-electron chi connectivity index (χ1n) is 13.1. The molecule has 39 heavy (non-hydrogen) atoms. The van der Waals surface area contributed by atoms with Crippen molar-refractivity contribution in [1.29, 1.82) is 0 Å². The molecule has 0 saturated heterocycles. The van der Waals surface area contributed by atoms with Gasteiger partial charge in [0.25, 0.3) is 0 Å². The predicted octanol–water partition coefficient (Wildman–Crippen LogP) is 4.94. The Morgan fingerprint density at radius 3 is 1.64 bits per heavy atom. The Kier molecular flexibility index (Phi) is 8.25. The van der Waals surface area contributed by atoms with Crippen LogP contribution in [0.15, 0.2) is 59.8 Å². The molecule has 4 heterocycles. The van der Waals surface area contributed by atoms with Crippen LogP contribution in [0.5, 0.6) is 0 Å². The number of Topliss-reactive ketones (excluding diaryl/α,β-unsaturated/α-hetero) is 1. The Morgan fingerprint density at radius 1 is 0.821 bits per heavy atom. The molecule has 2 saturated carbocycles. The summed E-state index contributed by atoms with van der Waals surface area (Å²) in [5.41, 5.74) is 6.70. The molecule has 0 radical (unpaired) electrons. The number of nitrogens with zero attached hydrogens (tertiary/aromatic N) is 4. The van der Waals surface area contributed by atoms with Gasteiger partial charge >= 0.3 is 5.97 Å². The third kappa shape index (κ3) is 6.46. The van der Waals surface area contributed by atoms with Gasteiger partial charge in [-0.3, -0.25) is 4.79 Å². The largest absolute Gasteiger partial charge is 0.462 e. The summed E-state index contributed by atoms with van der Waals surface area (Å²) in [6.45, 7) is 2.15. The van der Waals surface area contributed by atoms with Crippen molar-refractivity contribution in [3.8, 4) is 0 Å². The molecule has 0 atom stereocenters. The first kappa shape index (κ1) is 27.2. The zero-order valence-corrected chi connectivity index (χ0v) is 23.5. The van der Waals surface area contributed by atoms with E-state index in [1.54, 1.807) is 54.4 Å². The van der Waals surface area contributed by atoms with Gasteiger partial charge in [0.1, 0.15) is 11.6 Å². The Labute approximate surface area is 235 Å². The highest BCUT2D eigenvalue weighted by Gasteiger charge is 2.46. The number of nitrogens with two attached hydrogens (primary N) is 1. The van der Waals surface area contributed by atoms with Gasteiger partial charge in [-0.2, -0.15) is 0 Å². The van der Waals surface area contributed by atoms with Crippen LogP contribution in [0.3, 0.4) is 0 Å². The quantitative estimate of drug-likeness (QED) is 0.213. The van der Waals surface area contributed by atoms with Crippen molar-refractivity contribution in [2.45, 2.75) is 56.3 Å². The van der Waals surface area contributed by atoms with Crippen LogP contribution in [-0.2, 0) is 28.4 Å². The molecule has 10 heteroatoms. The molecule has 0 aliphatic heterocycles. The fourth-order valence-corrected chi connectivity index (χ4v) is 6.54. The number of ether oxygens (including phenoxy) is 1. The van der Waals surface area contributed by atoms with Crippen molar-refractivity contribution >= 4 is 34.4 Å². The topological polar surface area (TPSA) is 121 Å². The second-order valence-corrected chi connectivity index (χ2v) is 11.9. The van der Waals surface area contributed by atoms with Crippen molar-refractivity contribution < 1.29 is 14.3 Å². The number of ketones is 1. The molecule has 2 fully saturated rings. The van der Waals surface area contributed by atoms with Crippen LogP contribution < -0.4 is 5.73 Å². The number of thiophene rings is 2. The molecule has 0 unspecified atom stereocenters. The predicted molar refractivity (Wildman–Crippen MR) is 151 cm³/mol. The van der Waals surface area contributed by atoms with Crippen molar-refractivity contribution in [1.82, 2.24) is 19.9 Å². The van der Waals surface area contributed by atoms with E-state index in [0.29, 0.717) is 17.7 Å². The number of esters is 1. The van der Waals surface area contributed by atoms with Gasteiger partial charge in [-0.15, -0.1) is 22.7 Å². The SMILES string of the molecule is CCOC(=O)c1cnc(CC2(c3cccs3)CC2)nc1.NCC(=O)c1cnc(CC2(c3cccs3)CC2)nc1. The molecule has 0 spiro atoms. The highest BCUT2D eigenvalue weighted by molar-refractivity contribution is 7.10. The number of hydrogen-bond donors (Lipinski definition) is 1. The van der Waals surface area contributed by atoms with Gasteiger partial charge in [0, 0.05) is 58.2 Å². The normalized spacial score (nSPS) is 16.1. The number of carbonyl (C=O) groups is 2. The van der Waals surface area contributed by atoms with Gasteiger partial charge in [-0.25, -0.2) is 24.7 Å². The highest BCUT2D eigenvalue weighted by Crippen LogP contribution is 2.52. The molecular formula is C29H31N5O3S2. The second-order valence-electron chi connectivity index (χ2n) is 9.99. The van der Waals surface area contributed by atoms with E-state index in [0.717, 1.165) is 24.5 Å². The van der Waals surface area contributed by atoms with Gasteiger partial charge in [0.15, 0.2) is 5.78 Å². The fraction of sp³-hybridized carbons (Fsp3) is 0.379. The Bertz CT molecular complexity index is 1380.